The number of hydrogen-bond acceptors (Lipinski definition) is 3. The van der Waals surface area contributed by atoms with Crippen LogP contribution >= 0.6 is 0 Å². The Morgan fingerprint density at radius 2 is 1.90 bits per heavy atom. The normalized spacial score (nSPS) is 9.95. The van der Waals surface area contributed by atoms with Crippen molar-refractivity contribution in [2.24, 2.45) is 0 Å². The maximum atomic E-state index is 12.3. The van der Waals surface area contributed by atoms with Crippen LogP contribution in [-0.2, 0) is 0 Å². The molecular formula is C16H18N2O2. The van der Waals surface area contributed by atoms with Crippen molar-refractivity contribution in [3.63, 3.8) is 0 Å². The van der Waals surface area contributed by atoms with Crippen LogP contribution in [0.5, 0.6) is 5.75 Å². The third kappa shape index (κ3) is 2.91. The number of hydrogen-bond donors (Lipinski definition) is 2. The topological polar surface area (TPSA) is 50.4 Å². The Kier molecular flexibility index (Phi) is 4.25. The van der Waals surface area contributed by atoms with Crippen molar-refractivity contribution in [2.45, 2.75) is 6.92 Å². The van der Waals surface area contributed by atoms with Crippen LogP contribution in [0.15, 0.2) is 42.5 Å². The summed E-state index contributed by atoms with van der Waals surface area (Å²) >= 11 is 0. The molecule has 2 aromatic carbocycles. The Morgan fingerprint density at radius 3 is 2.55 bits per heavy atom. The van der Waals surface area contributed by atoms with E-state index in [1.54, 1.807) is 7.11 Å². The quantitative estimate of drug-likeness (QED) is 0.896. The molecule has 0 bridgehead atoms. The first kappa shape index (κ1) is 13.9. The monoisotopic (exact) mass is 270 g/mol. The first-order valence-corrected chi connectivity index (χ1v) is 6.38. The second-order valence-corrected chi connectivity index (χ2v) is 4.43. The minimum Gasteiger partial charge on any atom is -0.495 e. The van der Waals surface area contributed by atoms with Gasteiger partial charge in [0.25, 0.3) is 5.91 Å². The summed E-state index contributed by atoms with van der Waals surface area (Å²) in [5, 5.41) is 5.92. The average Bonchev–Trinajstić information content (AvgIpc) is 2.47. The molecule has 2 N–H and O–H groups in total. The fraction of sp³-hybridized carbons (Fsp3) is 0.188. The van der Waals surface area contributed by atoms with Gasteiger partial charge < -0.3 is 15.4 Å². The van der Waals surface area contributed by atoms with Gasteiger partial charge in [0.1, 0.15) is 5.75 Å². The highest BCUT2D eigenvalue weighted by atomic mass is 16.5. The third-order valence-corrected chi connectivity index (χ3v) is 3.11. The van der Waals surface area contributed by atoms with Gasteiger partial charge in [0, 0.05) is 18.3 Å². The molecule has 0 aliphatic rings. The van der Waals surface area contributed by atoms with Crippen LogP contribution in [0.1, 0.15) is 15.9 Å². The van der Waals surface area contributed by atoms with Gasteiger partial charge in [0.15, 0.2) is 0 Å². The maximum absolute atomic E-state index is 12.3. The number of anilines is 2. The van der Waals surface area contributed by atoms with E-state index in [1.165, 1.54) is 0 Å². The number of methoxy groups -OCH3 is 1. The first-order chi connectivity index (χ1) is 9.65. The summed E-state index contributed by atoms with van der Waals surface area (Å²) in [7, 11) is 3.43. The van der Waals surface area contributed by atoms with Gasteiger partial charge in [0.05, 0.1) is 12.8 Å². The molecule has 0 aliphatic heterocycles. The van der Waals surface area contributed by atoms with Gasteiger partial charge in [-0.15, -0.1) is 0 Å². The molecule has 2 aromatic rings. The van der Waals surface area contributed by atoms with E-state index in [0.717, 1.165) is 11.3 Å². The SMILES string of the molecule is CNc1ccc(C(=O)Nc2ccccc2OC)c(C)c1. The maximum Gasteiger partial charge on any atom is 0.256 e. The lowest BCUT2D eigenvalue weighted by Gasteiger charge is -2.12. The second kappa shape index (κ2) is 6.10. The van der Waals surface area contributed by atoms with Gasteiger partial charge in [-0.25, -0.2) is 0 Å². The van der Waals surface area contributed by atoms with Crippen molar-refractivity contribution in [3.8, 4) is 5.75 Å². The van der Waals surface area contributed by atoms with Gasteiger partial charge >= 0.3 is 0 Å². The zero-order chi connectivity index (χ0) is 14.5. The number of carbonyl (C=O) groups is 1. The van der Waals surface area contributed by atoms with E-state index in [0.29, 0.717) is 17.0 Å². The van der Waals surface area contributed by atoms with Gasteiger partial charge in [0.2, 0.25) is 0 Å². The van der Waals surface area contributed by atoms with Gasteiger partial charge in [-0.2, -0.15) is 0 Å². The minimum absolute atomic E-state index is 0.144. The van der Waals surface area contributed by atoms with E-state index < -0.39 is 0 Å². The number of amides is 1. The van der Waals surface area contributed by atoms with Crippen LogP contribution in [0.2, 0.25) is 0 Å². The van der Waals surface area contributed by atoms with Crippen molar-refractivity contribution in [1.29, 1.82) is 0 Å². The van der Waals surface area contributed by atoms with Crippen molar-refractivity contribution in [3.05, 3.63) is 53.6 Å². The molecule has 2 rings (SSSR count). The van der Waals surface area contributed by atoms with E-state index in [4.69, 9.17) is 4.74 Å². The van der Waals surface area contributed by atoms with Crippen LogP contribution in [-0.4, -0.2) is 20.1 Å². The molecule has 4 nitrogen and oxygen atoms in total. The van der Waals surface area contributed by atoms with Crippen molar-refractivity contribution in [1.82, 2.24) is 0 Å². The highest BCUT2D eigenvalue weighted by molar-refractivity contribution is 6.06. The number of carbonyl (C=O) groups excluding carboxylic acids is 1. The standard InChI is InChI=1S/C16H18N2O2/c1-11-10-12(17-2)8-9-13(11)16(19)18-14-6-4-5-7-15(14)20-3/h4-10,17H,1-3H3,(H,18,19). The summed E-state index contributed by atoms with van der Waals surface area (Å²) in [6, 6.07) is 13.0. The van der Waals surface area contributed by atoms with E-state index in [2.05, 4.69) is 10.6 Å². The second-order valence-electron chi connectivity index (χ2n) is 4.43. The molecular weight excluding hydrogens is 252 g/mol. The fourth-order valence-electron chi connectivity index (χ4n) is 2.01. The molecule has 0 unspecified atom stereocenters. The Balaban J connectivity index is 2.24. The number of nitrogens with one attached hydrogen (secondary N) is 2. The van der Waals surface area contributed by atoms with Gasteiger partial charge in [-0.05, 0) is 42.8 Å². The lowest BCUT2D eigenvalue weighted by Crippen LogP contribution is -2.14. The Bertz CT molecular complexity index is 624. The average molecular weight is 270 g/mol. The van der Waals surface area contributed by atoms with Crippen LogP contribution in [0.3, 0.4) is 0 Å². The van der Waals surface area contributed by atoms with Crippen LogP contribution in [0.25, 0.3) is 0 Å². The first-order valence-electron chi connectivity index (χ1n) is 6.38. The summed E-state index contributed by atoms with van der Waals surface area (Å²) in [6.07, 6.45) is 0. The number of ether oxygens (including phenoxy) is 1. The smallest absolute Gasteiger partial charge is 0.256 e. The number of benzene rings is 2. The summed E-state index contributed by atoms with van der Waals surface area (Å²) in [5.41, 5.74) is 3.22. The van der Waals surface area contributed by atoms with Crippen LogP contribution in [0.4, 0.5) is 11.4 Å². The molecule has 0 saturated carbocycles. The molecule has 4 heteroatoms. The summed E-state index contributed by atoms with van der Waals surface area (Å²) in [5.74, 6) is 0.500. The minimum atomic E-state index is -0.144. The Hall–Kier alpha value is -2.49. The zero-order valence-electron chi connectivity index (χ0n) is 11.9. The molecule has 104 valence electrons. The fourth-order valence-corrected chi connectivity index (χ4v) is 2.01. The number of rotatable bonds is 4. The Morgan fingerprint density at radius 1 is 1.15 bits per heavy atom. The molecule has 20 heavy (non-hydrogen) atoms. The molecule has 0 aromatic heterocycles. The van der Waals surface area contributed by atoms with Crippen LogP contribution in [0, 0.1) is 6.92 Å². The van der Waals surface area contributed by atoms with E-state index in [-0.39, 0.29) is 5.91 Å². The molecule has 0 radical (unpaired) electrons. The molecule has 0 aliphatic carbocycles. The Labute approximate surface area is 118 Å². The highest BCUT2D eigenvalue weighted by Crippen LogP contribution is 2.24. The summed E-state index contributed by atoms with van der Waals surface area (Å²) in [4.78, 5) is 12.3. The molecule has 0 spiro atoms. The molecule has 0 heterocycles. The van der Waals surface area contributed by atoms with Crippen molar-refractivity contribution >= 4 is 17.3 Å². The predicted molar refractivity (Wildman–Crippen MR) is 81.7 cm³/mol. The molecule has 0 fully saturated rings. The molecule has 0 saturated heterocycles. The van der Waals surface area contributed by atoms with E-state index >= 15 is 0 Å². The summed E-state index contributed by atoms with van der Waals surface area (Å²) in [6.45, 7) is 1.91. The van der Waals surface area contributed by atoms with E-state index in [9.17, 15) is 4.79 Å². The van der Waals surface area contributed by atoms with Crippen LogP contribution < -0.4 is 15.4 Å². The van der Waals surface area contributed by atoms with Gasteiger partial charge in [-0.3, -0.25) is 4.79 Å². The molecule has 0 atom stereocenters. The lowest BCUT2D eigenvalue weighted by atomic mass is 10.1. The number of aryl methyl sites for hydroxylation is 1. The van der Waals surface area contributed by atoms with E-state index in [1.807, 2.05) is 56.4 Å². The van der Waals surface area contributed by atoms with Crippen molar-refractivity contribution < 1.29 is 9.53 Å². The van der Waals surface area contributed by atoms with Crippen molar-refractivity contribution in [2.75, 3.05) is 24.8 Å². The molecule has 1 amide bonds. The third-order valence-electron chi connectivity index (χ3n) is 3.11. The van der Waals surface area contributed by atoms with Gasteiger partial charge in [-0.1, -0.05) is 12.1 Å². The number of para-hydroxylation sites is 2. The largest absolute Gasteiger partial charge is 0.495 e. The predicted octanol–water partition coefficient (Wildman–Crippen LogP) is 3.30. The lowest BCUT2D eigenvalue weighted by molar-refractivity contribution is 0.102. The summed E-state index contributed by atoms with van der Waals surface area (Å²) < 4.78 is 5.22. The zero-order valence-corrected chi connectivity index (χ0v) is 11.9. The highest BCUT2D eigenvalue weighted by Gasteiger charge is 2.11.